The lowest BCUT2D eigenvalue weighted by Crippen LogP contribution is -2.28. The van der Waals surface area contributed by atoms with Gasteiger partial charge in [-0.15, -0.1) is 0 Å². The van der Waals surface area contributed by atoms with Crippen molar-refractivity contribution in [2.75, 3.05) is 18.1 Å². The maximum atomic E-state index is 12.0. The van der Waals surface area contributed by atoms with Crippen LogP contribution in [0.2, 0.25) is 5.02 Å². The monoisotopic (exact) mass is 310 g/mol. The number of hydrogen-bond acceptors (Lipinski definition) is 3. The summed E-state index contributed by atoms with van der Waals surface area (Å²) >= 11 is 6.14. The number of aromatic nitrogens is 1. The minimum Gasteiger partial charge on any atom is -0.350 e. The highest BCUT2D eigenvalue weighted by Crippen LogP contribution is 2.22. The maximum Gasteiger partial charge on any atom is 0.269 e. The Balaban J connectivity index is 2.12. The molecule has 0 saturated heterocycles. The smallest absolute Gasteiger partial charge is 0.269 e. The van der Waals surface area contributed by atoms with E-state index in [2.05, 4.69) is 10.3 Å². The molecule has 6 heteroatoms. The largest absolute Gasteiger partial charge is 0.350 e. The topological polar surface area (TPSA) is 59.1 Å². The van der Waals surface area contributed by atoms with E-state index in [0.717, 1.165) is 5.39 Å². The van der Waals surface area contributed by atoms with Gasteiger partial charge >= 0.3 is 0 Å². The third-order valence-electron chi connectivity index (χ3n) is 2.84. The molecule has 0 aliphatic carbocycles. The van der Waals surface area contributed by atoms with Crippen LogP contribution in [-0.2, 0) is 10.8 Å². The molecule has 2 aromatic rings. The molecule has 0 spiro atoms. The molecule has 0 aliphatic heterocycles. The Kier molecular flexibility index (Phi) is 5.09. The van der Waals surface area contributed by atoms with Gasteiger partial charge in [0.25, 0.3) is 5.91 Å². The van der Waals surface area contributed by atoms with Crippen molar-refractivity contribution in [3.63, 3.8) is 0 Å². The van der Waals surface area contributed by atoms with E-state index in [1.54, 1.807) is 6.07 Å². The molecule has 1 N–H and O–H groups in total. The molecule has 2 rings (SSSR count). The van der Waals surface area contributed by atoms with Crippen LogP contribution in [0, 0.1) is 0 Å². The number of carbonyl (C=O) groups excluding carboxylic acids is 1. The van der Waals surface area contributed by atoms with E-state index in [0.29, 0.717) is 28.6 Å². The van der Waals surface area contributed by atoms with Crippen molar-refractivity contribution >= 4 is 39.2 Å². The second-order valence-electron chi connectivity index (χ2n) is 4.19. The fourth-order valence-electron chi connectivity index (χ4n) is 1.76. The number of amides is 1. The Hall–Kier alpha value is -1.46. The average molecular weight is 311 g/mol. The Morgan fingerprint density at radius 1 is 1.40 bits per heavy atom. The molecule has 1 atom stereocenters. The van der Waals surface area contributed by atoms with E-state index < -0.39 is 10.8 Å². The van der Waals surface area contributed by atoms with Crippen molar-refractivity contribution in [3.8, 4) is 0 Å². The van der Waals surface area contributed by atoms with Crippen LogP contribution < -0.4 is 5.32 Å². The molecular formula is C14H15ClN2O2S. The molecule has 106 valence electrons. The van der Waals surface area contributed by atoms with Crippen molar-refractivity contribution in [2.45, 2.75) is 6.92 Å². The van der Waals surface area contributed by atoms with Crippen LogP contribution in [0.25, 0.3) is 10.9 Å². The Bertz CT molecular complexity index is 661. The Morgan fingerprint density at radius 3 is 2.90 bits per heavy atom. The predicted octanol–water partition coefficient (Wildman–Crippen LogP) is 2.39. The average Bonchev–Trinajstić information content (AvgIpc) is 2.46. The zero-order valence-electron chi connectivity index (χ0n) is 11.1. The lowest BCUT2D eigenvalue weighted by Gasteiger charge is -2.06. The third-order valence-corrected chi connectivity index (χ3v) is 4.45. The zero-order chi connectivity index (χ0) is 14.5. The number of rotatable bonds is 5. The van der Waals surface area contributed by atoms with Gasteiger partial charge < -0.3 is 5.32 Å². The van der Waals surface area contributed by atoms with E-state index in [1.807, 2.05) is 31.2 Å². The number of fused-ring (bicyclic) bond motifs is 1. The first kappa shape index (κ1) is 14.9. The van der Waals surface area contributed by atoms with Crippen molar-refractivity contribution < 1.29 is 9.00 Å². The van der Waals surface area contributed by atoms with Crippen molar-refractivity contribution in [1.82, 2.24) is 10.3 Å². The summed E-state index contributed by atoms with van der Waals surface area (Å²) in [7, 11) is -0.888. The summed E-state index contributed by atoms with van der Waals surface area (Å²) < 4.78 is 11.3. The lowest BCUT2D eigenvalue weighted by atomic mass is 10.2. The molecule has 1 heterocycles. The van der Waals surface area contributed by atoms with Crippen molar-refractivity contribution in [3.05, 3.63) is 41.0 Å². The summed E-state index contributed by atoms with van der Waals surface area (Å²) in [4.78, 5) is 16.3. The first-order chi connectivity index (χ1) is 9.61. The van der Waals surface area contributed by atoms with Gasteiger partial charge in [-0.25, -0.2) is 4.98 Å². The number of nitrogens with zero attached hydrogens (tertiary/aromatic N) is 1. The SMILES string of the molecule is CCS(=O)CCNC(=O)c1cc(Cl)c2ccccc2n1. The van der Waals surface area contributed by atoms with E-state index in [4.69, 9.17) is 11.6 Å². The van der Waals surface area contributed by atoms with Crippen LogP contribution in [0.3, 0.4) is 0 Å². The van der Waals surface area contributed by atoms with E-state index in [-0.39, 0.29) is 11.6 Å². The number of benzene rings is 1. The molecule has 20 heavy (non-hydrogen) atoms. The number of halogens is 1. The second kappa shape index (κ2) is 6.81. The predicted molar refractivity (Wildman–Crippen MR) is 82.6 cm³/mol. The quantitative estimate of drug-likeness (QED) is 0.922. The fourth-order valence-corrected chi connectivity index (χ4v) is 2.64. The Morgan fingerprint density at radius 2 is 2.15 bits per heavy atom. The Labute approximate surface area is 125 Å². The van der Waals surface area contributed by atoms with Gasteiger partial charge in [0.05, 0.1) is 10.5 Å². The highest BCUT2D eigenvalue weighted by molar-refractivity contribution is 7.84. The van der Waals surface area contributed by atoms with Gasteiger partial charge in [-0.2, -0.15) is 0 Å². The van der Waals surface area contributed by atoms with Crippen LogP contribution in [0.5, 0.6) is 0 Å². The molecule has 0 bridgehead atoms. The normalized spacial score (nSPS) is 12.3. The van der Waals surface area contributed by atoms with Crippen molar-refractivity contribution in [2.24, 2.45) is 0 Å². The van der Waals surface area contributed by atoms with E-state index in [9.17, 15) is 9.00 Å². The first-order valence-electron chi connectivity index (χ1n) is 6.30. The van der Waals surface area contributed by atoms with Crippen LogP contribution in [0.4, 0.5) is 0 Å². The molecule has 0 fully saturated rings. The van der Waals surface area contributed by atoms with Crippen LogP contribution >= 0.6 is 11.6 Å². The number of hydrogen-bond donors (Lipinski definition) is 1. The molecular weight excluding hydrogens is 296 g/mol. The molecule has 0 aliphatic rings. The van der Waals surface area contributed by atoms with Gasteiger partial charge in [0, 0.05) is 34.2 Å². The number of nitrogens with one attached hydrogen (secondary N) is 1. The minimum absolute atomic E-state index is 0.274. The van der Waals surface area contributed by atoms with Crippen LogP contribution in [0.1, 0.15) is 17.4 Å². The first-order valence-corrected chi connectivity index (χ1v) is 8.17. The lowest BCUT2D eigenvalue weighted by molar-refractivity contribution is 0.0951. The summed E-state index contributed by atoms with van der Waals surface area (Å²) in [5.41, 5.74) is 0.957. The molecule has 0 radical (unpaired) electrons. The van der Waals surface area contributed by atoms with Crippen LogP contribution in [-0.4, -0.2) is 33.2 Å². The zero-order valence-corrected chi connectivity index (χ0v) is 12.6. The number of carbonyl (C=O) groups is 1. The van der Waals surface area contributed by atoms with Gasteiger partial charge in [0.1, 0.15) is 5.69 Å². The molecule has 1 aromatic heterocycles. The fraction of sp³-hybridized carbons (Fsp3) is 0.286. The summed E-state index contributed by atoms with van der Waals surface area (Å²) in [5.74, 6) is 0.741. The summed E-state index contributed by atoms with van der Waals surface area (Å²) in [5, 5.41) is 4.02. The molecule has 1 amide bonds. The maximum absolute atomic E-state index is 12.0. The molecule has 1 unspecified atom stereocenters. The molecule has 0 saturated carbocycles. The van der Waals surface area contributed by atoms with Crippen LogP contribution in [0.15, 0.2) is 30.3 Å². The summed E-state index contributed by atoms with van der Waals surface area (Å²) in [6.45, 7) is 2.22. The number of pyridine rings is 1. The van der Waals surface area contributed by atoms with Gasteiger partial charge in [0.2, 0.25) is 0 Å². The second-order valence-corrected chi connectivity index (χ2v) is 6.47. The van der Waals surface area contributed by atoms with E-state index >= 15 is 0 Å². The summed E-state index contributed by atoms with van der Waals surface area (Å²) in [6, 6.07) is 8.93. The number of para-hydroxylation sites is 1. The molecule has 4 nitrogen and oxygen atoms in total. The molecule has 1 aromatic carbocycles. The standard InChI is InChI=1S/C14H15ClN2O2S/c1-2-20(19)8-7-16-14(18)13-9-11(15)10-5-3-4-6-12(10)17-13/h3-6,9H,2,7-8H2,1H3,(H,16,18). The van der Waals surface area contributed by atoms with Gasteiger partial charge in [0.15, 0.2) is 0 Å². The highest BCUT2D eigenvalue weighted by Gasteiger charge is 2.10. The third kappa shape index (κ3) is 3.55. The minimum atomic E-state index is -0.888. The van der Waals surface area contributed by atoms with Gasteiger partial charge in [-0.3, -0.25) is 9.00 Å². The summed E-state index contributed by atoms with van der Waals surface area (Å²) in [6.07, 6.45) is 0. The van der Waals surface area contributed by atoms with E-state index in [1.165, 1.54) is 0 Å². The van der Waals surface area contributed by atoms with Crippen molar-refractivity contribution in [1.29, 1.82) is 0 Å². The van der Waals surface area contributed by atoms with Gasteiger partial charge in [-0.05, 0) is 12.1 Å². The highest BCUT2D eigenvalue weighted by atomic mass is 35.5. The van der Waals surface area contributed by atoms with Gasteiger partial charge in [-0.1, -0.05) is 36.7 Å².